The molecule has 0 amide bonds. The molecule has 0 radical (unpaired) electrons. The number of carboxylic acid groups (broad SMARTS) is 1. The highest BCUT2D eigenvalue weighted by Crippen LogP contribution is 2.18. The van der Waals surface area contributed by atoms with Crippen LogP contribution in [0.1, 0.15) is 45.3 Å². The fraction of sp³-hybridized carbons (Fsp3) is 0.400. The van der Waals surface area contributed by atoms with Gasteiger partial charge in [0.15, 0.2) is 5.78 Å². The number of aromatic nitrogens is 3. The monoisotopic (exact) mass is 1040 g/mol. The van der Waals surface area contributed by atoms with E-state index in [0.717, 1.165) is 21.5 Å². The minimum Gasteiger partial charge on any atom is -0.508 e. The summed E-state index contributed by atoms with van der Waals surface area (Å²) in [5.41, 5.74) is 9.55. The lowest BCUT2D eigenvalue weighted by Crippen LogP contribution is -2.39. The van der Waals surface area contributed by atoms with Gasteiger partial charge < -0.3 is 61.5 Å². The number of ketones is 1. The molecule has 1 heterocycles. The van der Waals surface area contributed by atoms with Crippen molar-refractivity contribution in [3.63, 3.8) is 0 Å². The number of carboxylic acids is 1. The number of terminal acetylenes is 1. The van der Waals surface area contributed by atoms with Crippen LogP contribution < -0.4 is 16.4 Å². The van der Waals surface area contributed by atoms with Crippen molar-refractivity contribution in [3.8, 4) is 24.3 Å². The molecular formula is C50H73N7O15S. The van der Waals surface area contributed by atoms with E-state index in [4.69, 9.17) is 42.0 Å². The van der Waals surface area contributed by atoms with Crippen molar-refractivity contribution in [2.75, 3.05) is 61.2 Å². The predicted octanol–water partition coefficient (Wildman–Crippen LogP) is 2.86. The number of ether oxygens (including phenoxy) is 2. The van der Waals surface area contributed by atoms with Crippen LogP contribution in [0.5, 0.6) is 11.5 Å². The molecule has 4 aromatic carbocycles. The van der Waals surface area contributed by atoms with E-state index < -0.39 is 52.1 Å². The smallest absolute Gasteiger partial charge is 0.323 e. The first-order valence-corrected chi connectivity index (χ1v) is 23.9. The fourth-order valence-corrected chi connectivity index (χ4v) is 6.19. The summed E-state index contributed by atoms with van der Waals surface area (Å²) in [7, 11) is 1.62. The van der Waals surface area contributed by atoms with E-state index in [-0.39, 0.29) is 41.8 Å². The predicted molar refractivity (Wildman–Crippen MR) is 275 cm³/mol. The SMILES string of the molecule is CCN(CC)CC.CN[C@@H](CO)C(=O)CC(Cc1ccc(O)cc1)C(=O)OC.CN[C@@H](CO)C(=O)O.COC(=O)C(N)Cc1ccc(O)cc1.Cc1ccc(S(=O)(=O)O)cc1.On1nnc2ccccc21.[2H]C#C. The van der Waals surface area contributed by atoms with E-state index in [9.17, 15) is 32.7 Å². The molecule has 0 saturated heterocycles. The number of hydrogen-bond donors (Lipinski definition) is 10. The molecule has 404 valence electrons. The Kier molecular flexibility index (Phi) is 34.9. The Balaban J connectivity index is 0. The Morgan fingerprint density at radius 3 is 1.59 bits per heavy atom. The highest BCUT2D eigenvalue weighted by Gasteiger charge is 2.26. The standard InChI is InChI=1S/C15H21NO5.C10H13NO3.C7H8O3S.C6H5N3O.C6H15N.C4H9NO3.C2H2/c1-16-13(9-17)14(19)8-11(15(20)21-2)7-10-3-5-12(18)6-4-10;1-14-10(13)9(11)6-7-2-4-8(12)5-3-7;1-6-2-4-7(5-3-6)11(8,9)10;10-9-6-4-2-1-3-5(6)7-8-9;1-4-7(5-2)6-3;1-5-3(2-6)4(7)8;1-2/h3-6,11,13,16-18H,7-9H2,1-2H3;2-5,9,12H,6,11H2,1H3;2-5H,1H3,(H,8,9,10);1-4,10H;4-6H2,1-3H3;3,5-6H,2H2,1H3,(H,7,8);1-2H/t11?,13-;;;;;3-;/m0....0./s1/i;;;;;;1D. The lowest BCUT2D eigenvalue weighted by Gasteiger charge is -2.17. The van der Waals surface area contributed by atoms with Crippen molar-refractivity contribution in [2.24, 2.45) is 11.7 Å². The van der Waals surface area contributed by atoms with Crippen LogP contribution >= 0.6 is 0 Å². The van der Waals surface area contributed by atoms with Crippen molar-refractivity contribution >= 4 is 44.8 Å². The Bertz CT molecular complexity index is 2480. The van der Waals surface area contributed by atoms with Crippen molar-refractivity contribution in [3.05, 3.63) is 114 Å². The number of methoxy groups -OCH3 is 2. The molecule has 0 aliphatic carbocycles. The summed E-state index contributed by atoms with van der Waals surface area (Å²) < 4.78 is 44.5. The van der Waals surface area contributed by atoms with Gasteiger partial charge in [-0.2, -0.15) is 8.42 Å². The summed E-state index contributed by atoms with van der Waals surface area (Å²) in [4.78, 5) is 47.8. The normalized spacial score (nSPS) is 11.9. The molecule has 2 unspecified atom stereocenters. The number of esters is 2. The maximum atomic E-state index is 12.0. The average molecular weight is 1050 g/mol. The number of Topliss-reactive ketones (excluding diaryl/α,β-unsaturated/α-hetero) is 1. The lowest BCUT2D eigenvalue weighted by atomic mass is 9.92. The Hall–Kier alpha value is -7.01. The van der Waals surface area contributed by atoms with Crippen LogP contribution in [-0.2, 0) is 51.6 Å². The van der Waals surface area contributed by atoms with Crippen LogP contribution in [0.25, 0.3) is 11.0 Å². The number of fused-ring (bicyclic) bond motifs is 1. The fourth-order valence-electron chi connectivity index (χ4n) is 5.71. The summed E-state index contributed by atoms with van der Waals surface area (Å²) in [6.07, 6.45) is 6.49. The number of aliphatic hydroxyl groups is 2. The third kappa shape index (κ3) is 28.6. The molecule has 22 nitrogen and oxygen atoms in total. The Morgan fingerprint density at radius 1 is 0.781 bits per heavy atom. The molecule has 11 N–H and O–H groups in total. The number of aryl methyl sites for hydroxylation is 1. The van der Waals surface area contributed by atoms with Crippen LogP contribution in [0.4, 0.5) is 0 Å². The van der Waals surface area contributed by atoms with Crippen LogP contribution in [0.3, 0.4) is 0 Å². The number of likely N-dealkylation sites (N-methyl/N-ethyl adjacent to an activating group) is 2. The number of aromatic hydroxyl groups is 2. The van der Waals surface area contributed by atoms with Crippen LogP contribution in [0.2, 0.25) is 0 Å². The van der Waals surface area contributed by atoms with Gasteiger partial charge in [0, 0.05) is 6.42 Å². The largest absolute Gasteiger partial charge is 0.508 e. The van der Waals surface area contributed by atoms with Gasteiger partial charge in [0.1, 0.15) is 36.0 Å². The number of carbonyl (C=O) groups is 4. The van der Waals surface area contributed by atoms with E-state index in [2.05, 4.69) is 57.8 Å². The van der Waals surface area contributed by atoms with Crippen LogP contribution in [0, 0.1) is 25.7 Å². The lowest BCUT2D eigenvalue weighted by molar-refractivity contribution is -0.147. The molecule has 0 fully saturated rings. The molecule has 5 rings (SSSR count). The number of nitrogens with two attached hydrogens (primary N) is 1. The highest BCUT2D eigenvalue weighted by atomic mass is 32.2. The van der Waals surface area contributed by atoms with Gasteiger partial charge in [-0.1, -0.05) is 79.7 Å². The number of rotatable bonds is 18. The van der Waals surface area contributed by atoms with Gasteiger partial charge in [0.05, 0.1) is 44.3 Å². The van der Waals surface area contributed by atoms with Gasteiger partial charge in [-0.05, 0) is 118 Å². The minimum atomic E-state index is -4.02. The third-order valence-corrected chi connectivity index (χ3v) is 10.9. The van der Waals surface area contributed by atoms with Gasteiger partial charge in [0.2, 0.25) is 0 Å². The van der Waals surface area contributed by atoms with Crippen LogP contribution in [0.15, 0.2) is 102 Å². The molecule has 1 aromatic heterocycles. The number of carbonyl (C=O) groups excluding carboxylic acids is 3. The first-order chi connectivity index (χ1) is 35.0. The van der Waals surface area contributed by atoms with Gasteiger partial charge in [-0.15, -0.1) is 17.9 Å². The molecule has 73 heavy (non-hydrogen) atoms. The average Bonchev–Trinajstić information content (AvgIpc) is 3.76. The zero-order valence-electron chi connectivity index (χ0n) is 43.5. The number of phenolic OH excluding ortho intramolecular Hbond substituents is 2. The molecule has 5 aromatic rings. The first kappa shape index (κ1) is 66.0. The second-order valence-corrected chi connectivity index (χ2v) is 16.4. The maximum Gasteiger partial charge on any atom is 0.323 e. The molecule has 0 saturated carbocycles. The zero-order valence-corrected chi connectivity index (χ0v) is 43.3. The summed E-state index contributed by atoms with van der Waals surface area (Å²) in [5, 5.41) is 64.9. The van der Waals surface area contributed by atoms with E-state index in [0.29, 0.717) is 23.9 Å². The second kappa shape index (κ2) is 38.6. The molecule has 23 heteroatoms. The van der Waals surface area contributed by atoms with Crippen molar-refractivity contribution in [1.29, 1.82) is 0 Å². The minimum absolute atomic E-state index is 0.0143. The van der Waals surface area contributed by atoms with Crippen molar-refractivity contribution in [1.82, 2.24) is 30.7 Å². The number of phenols is 2. The van der Waals surface area contributed by atoms with Gasteiger partial charge >= 0.3 is 17.9 Å². The van der Waals surface area contributed by atoms with Crippen molar-refractivity contribution < 1.29 is 73.7 Å². The number of para-hydroxylation sites is 1. The molecule has 0 aliphatic heterocycles. The molecule has 0 bridgehead atoms. The van der Waals surface area contributed by atoms with Crippen LogP contribution in [-0.4, -0.2) is 167 Å². The summed E-state index contributed by atoms with van der Waals surface area (Å²) in [6.45, 7) is 11.3. The molecular weight excluding hydrogens is 971 g/mol. The molecule has 4 atom stereocenters. The zero-order chi connectivity index (χ0) is 56.8. The molecule has 0 aliphatic rings. The Morgan fingerprint density at radius 2 is 1.23 bits per heavy atom. The quantitative estimate of drug-likeness (QED) is 0.0261. The number of benzene rings is 4. The number of nitrogens with zero attached hydrogens (tertiary/aromatic N) is 4. The molecule has 0 spiro atoms. The Labute approximate surface area is 428 Å². The van der Waals surface area contributed by atoms with Gasteiger partial charge in [-0.25, -0.2) is 0 Å². The summed E-state index contributed by atoms with van der Waals surface area (Å²) >= 11 is 0. The second-order valence-electron chi connectivity index (χ2n) is 15.0. The number of hydrogen-bond acceptors (Lipinski definition) is 19. The topological polar surface area (TPSA) is 347 Å². The summed E-state index contributed by atoms with van der Waals surface area (Å²) in [6, 6.07) is 24.0. The number of aliphatic carboxylic acids is 1. The summed E-state index contributed by atoms with van der Waals surface area (Å²) in [5.74, 6) is -2.46. The number of nitrogens with one attached hydrogen (secondary N) is 2. The first-order valence-electron chi connectivity index (χ1n) is 22.9. The van der Waals surface area contributed by atoms with Gasteiger partial charge in [-0.3, -0.25) is 23.7 Å². The van der Waals surface area contributed by atoms with E-state index >= 15 is 0 Å². The number of aliphatic hydroxyl groups excluding tert-OH is 2. The van der Waals surface area contributed by atoms with Crippen molar-refractivity contribution in [2.45, 2.75) is 70.0 Å². The van der Waals surface area contributed by atoms with E-state index in [1.807, 2.05) is 19.1 Å². The van der Waals surface area contributed by atoms with Gasteiger partial charge in [0.25, 0.3) is 10.1 Å². The maximum absolute atomic E-state index is 12.0. The third-order valence-electron chi connectivity index (χ3n) is 10.0. The van der Waals surface area contributed by atoms with E-state index in [1.54, 1.807) is 67.7 Å². The van der Waals surface area contributed by atoms with E-state index in [1.165, 1.54) is 71.6 Å². The highest BCUT2D eigenvalue weighted by molar-refractivity contribution is 7.85.